The summed E-state index contributed by atoms with van der Waals surface area (Å²) in [5.74, 6) is 0.00461. The van der Waals surface area contributed by atoms with Crippen molar-refractivity contribution >= 4 is 29.2 Å². The molecule has 1 amide bonds. The van der Waals surface area contributed by atoms with Crippen LogP contribution in [-0.2, 0) is 16.1 Å². The second-order valence-corrected chi connectivity index (χ2v) is 6.79. The van der Waals surface area contributed by atoms with Crippen LogP contribution in [0.15, 0.2) is 18.2 Å². The molecule has 0 unspecified atom stereocenters. The molecule has 1 aromatic heterocycles. The first kappa shape index (κ1) is 20.0. The quantitative estimate of drug-likeness (QED) is 0.705. The highest BCUT2D eigenvalue weighted by Crippen LogP contribution is 2.34. The van der Waals surface area contributed by atoms with Crippen LogP contribution in [-0.4, -0.2) is 34.6 Å². The number of nitrogens with zero attached hydrogens (tertiary/aromatic N) is 2. The number of amides is 1. The van der Waals surface area contributed by atoms with Crippen molar-refractivity contribution in [3.63, 3.8) is 0 Å². The van der Waals surface area contributed by atoms with E-state index in [1.807, 2.05) is 0 Å². The minimum Gasteiger partial charge on any atom is -0.454 e. The van der Waals surface area contributed by atoms with E-state index in [2.05, 4.69) is 17.3 Å². The number of benzene rings is 1. The first-order valence-electron chi connectivity index (χ1n) is 9.05. The van der Waals surface area contributed by atoms with E-state index in [1.165, 1.54) is 6.92 Å². The van der Waals surface area contributed by atoms with Gasteiger partial charge in [0.15, 0.2) is 17.6 Å². The van der Waals surface area contributed by atoms with E-state index in [4.69, 9.17) is 25.8 Å². The molecule has 3 rings (SSSR count). The Morgan fingerprint density at radius 1 is 1.36 bits per heavy atom. The van der Waals surface area contributed by atoms with E-state index in [-0.39, 0.29) is 17.5 Å². The van der Waals surface area contributed by atoms with Gasteiger partial charge in [0.25, 0.3) is 5.91 Å². The molecule has 0 bridgehead atoms. The van der Waals surface area contributed by atoms with Crippen LogP contribution in [0.2, 0.25) is 5.15 Å². The summed E-state index contributed by atoms with van der Waals surface area (Å²) >= 11 is 6.28. The normalized spacial score (nSPS) is 13.3. The molecule has 0 spiro atoms. The van der Waals surface area contributed by atoms with E-state index >= 15 is 0 Å². The molecule has 1 aliphatic heterocycles. The van der Waals surface area contributed by atoms with Gasteiger partial charge in [-0.05, 0) is 32.4 Å². The van der Waals surface area contributed by atoms with Crippen LogP contribution < -0.4 is 14.8 Å². The number of carbonyl (C=O) groups excluding carboxylic acids is 2. The lowest BCUT2D eigenvalue weighted by molar-refractivity contribution is -0.123. The molecule has 28 heavy (non-hydrogen) atoms. The number of esters is 1. The number of aromatic nitrogens is 2. The Hall–Kier alpha value is -2.74. The smallest absolute Gasteiger partial charge is 0.343 e. The molecule has 0 aliphatic carbocycles. The first-order chi connectivity index (χ1) is 13.4. The number of aryl methyl sites for hydroxylation is 2. The fourth-order valence-electron chi connectivity index (χ4n) is 2.73. The molecule has 0 radical (unpaired) electrons. The number of hydrogen-bond donors (Lipinski definition) is 1. The minimum absolute atomic E-state index is 0.146. The topological polar surface area (TPSA) is 91.7 Å². The molecule has 0 saturated heterocycles. The molecule has 1 aromatic carbocycles. The van der Waals surface area contributed by atoms with Crippen LogP contribution in [0, 0.1) is 6.92 Å². The molecule has 0 saturated carbocycles. The zero-order chi connectivity index (χ0) is 20.3. The molecule has 9 heteroatoms. The van der Waals surface area contributed by atoms with E-state index in [9.17, 15) is 9.59 Å². The molecule has 1 N–H and O–H groups in total. The van der Waals surface area contributed by atoms with Crippen molar-refractivity contribution in [3.8, 4) is 11.5 Å². The van der Waals surface area contributed by atoms with Crippen molar-refractivity contribution in [1.82, 2.24) is 9.78 Å². The van der Waals surface area contributed by atoms with Crippen molar-refractivity contribution in [2.24, 2.45) is 0 Å². The summed E-state index contributed by atoms with van der Waals surface area (Å²) in [6.45, 7) is 5.99. The third-order valence-corrected chi connectivity index (χ3v) is 4.67. The Morgan fingerprint density at radius 2 is 2.11 bits per heavy atom. The van der Waals surface area contributed by atoms with Crippen LogP contribution in [0.5, 0.6) is 11.5 Å². The maximum Gasteiger partial charge on any atom is 0.343 e. The third-order valence-electron chi connectivity index (χ3n) is 4.29. The molecule has 1 atom stereocenters. The standard InChI is InChI=1S/C19H22ClN3O5/c1-4-5-8-23-17(20)16(11(2)22-23)19(25)28-12(3)18(24)21-13-6-7-14-15(9-13)27-10-26-14/h6-7,9,12H,4-5,8,10H2,1-3H3,(H,21,24)/t12-/m0/s1. The SMILES string of the molecule is CCCCn1nc(C)c(C(=O)O[C@@H](C)C(=O)Nc2ccc3c(c2)OCO3)c1Cl. The Labute approximate surface area is 167 Å². The van der Waals surface area contributed by atoms with Crippen LogP contribution in [0.4, 0.5) is 5.69 Å². The van der Waals surface area contributed by atoms with Gasteiger partial charge in [0.05, 0.1) is 5.69 Å². The van der Waals surface area contributed by atoms with E-state index in [0.29, 0.717) is 29.4 Å². The van der Waals surface area contributed by atoms with Gasteiger partial charge in [-0.1, -0.05) is 24.9 Å². The fourth-order valence-corrected chi connectivity index (χ4v) is 3.07. The molecule has 2 heterocycles. The number of halogens is 1. The van der Waals surface area contributed by atoms with Gasteiger partial charge >= 0.3 is 5.97 Å². The second kappa shape index (κ2) is 8.52. The van der Waals surface area contributed by atoms with E-state index in [1.54, 1.807) is 29.8 Å². The van der Waals surface area contributed by atoms with Gasteiger partial charge in [0.2, 0.25) is 6.79 Å². The number of unbranched alkanes of at least 4 members (excludes halogenated alkanes) is 1. The number of rotatable bonds is 7. The average Bonchev–Trinajstić information content (AvgIpc) is 3.23. The number of ether oxygens (including phenoxy) is 3. The van der Waals surface area contributed by atoms with Gasteiger partial charge in [0.1, 0.15) is 10.7 Å². The van der Waals surface area contributed by atoms with E-state index in [0.717, 1.165) is 12.8 Å². The lowest BCUT2D eigenvalue weighted by atomic mass is 10.2. The lowest BCUT2D eigenvalue weighted by Crippen LogP contribution is -2.30. The number of anilines is 1. The predicted octanol–water partition coefficient (Wildman–Crippen LogP) is 3.56. The Balaban J connectivity index is 1.64. The number of hydrogen-bond acceptors (Lipinski definition) is 6. The number of nitrogens with one attached hydrogen (secondary N) is 1. The van der Waals surface area contributed by atoms with Crippen molar-refractivity contribution in [1.29, 1.82) is 0 Å². The van der Waals surface area contributed by atoms with Gasteiger partial charge in [0, 0.05) is 18.3 Å². The van der Waals surface area contributed by atoms with E-state index < -0.39 is 18.0 Å². The number of carbonyl (C=O) groups is 2. The second-order valence-electron chi connectivity index (χ2n) is 6.43. The van der Waals surface area contributed by atoms with Crippen molar-refractivity contribution in [3.05, 3.63) is 34.6 Å². The van der Waals surface area contributed by atoms with Crippen molar-refractivity contribution in [2.75, 3.05) is 12.1 Å². The average molecular weight is 408 g/mol. The molecule has 1 aliphatic rings. The largest absolute Gasteiger partial charge is 0.454 e. The monoisotopic (exact) mass is 407 g/mol. The zero-order valence-corrected chi connectivity index (χ0v) is 16.7. The third kappa shape index (κ3) is 4.22. The Morgan fingerprint density at radius 3 is 2.86 bits per heavy atom. The van der Waals surface area contributed by atoms with Gasteiger partial charge < -0.3 is 19.5 Å². The van der Waals surface area contributed by atoms with Crippen molar-refractivity contribution in [2.45, 2.75) is 46.3 Å². The van der Waals surface area contributed by atoms with Gasteiger partial charge in [-0.25, -0.2) is 4.79 Å². The molecule has 8 nitrogen and oxygen atoms in total. The highest BCUT2D eigenvalue weighted by Gasteiger charge is 2.26. The molecule has 150 valence electrons. The summed E-state index contributed by atoms with van der Waals surface area (Å²) in [5.41, 5.74) is 1.16. The van der Waals surface area contributed by atoms with Crippen molar-refractivity contribution < 1.29 is 23.8 Å². The maximum atomic E-state index is 12.5. The first-order valence-corrected chi connectivity index (χ1v) is 9.43. The van der Waals surface area contributed by atoms with Crippen LogP contribution in [0.1, 0.15) is 42.7 Å². The highest BCUT2D eigenvalue weighted by molar-refractivity contribution is 6.32. The fraction of sp³-hybridized carbons (Fsp3) is 0.421. The summed E-state index contributed by atoms with van der Waals surface area (Å²) in [6.07, 6.45) is 0.850. The Kier molecular flexibility index (Phi) is 6.08. The summed E-state index contributed by atoms with van der Waals surface area (Å²) < 4.78 is 17.4. The van der Waals surface area contributed by atoms with Gasteiger partial charge in [-0.3, -0.25) is 9.48 Å². The Bertz CT molecular complexity index is 896. The summed E-state index contributed by atoms with van der Waals surface area (Å²) in [5, 5.41) is 7.19. The van der Waals surface area contributed by atoms with Gasteiger partial charge in [-0.2, -0.15) is 5.10 Å². The molecule has 0 fully saturated rings. The molecular formula is C19H22ClN3O5. The molecular weight excluding hydrogens is 386 g/mol. The highest BCUT2D eigenvalue weighted by atomic mass is 35.5. The number of fused-ring (bicyclic) bond motifs is 1. The maximum absolute atomic E-state index is 12.5. The van der Waals surface area contributed by atoms with Crippen LogP contribution in [0.25, 0.3) is 0 Å². The van der Waals surface area contributed by atoms with Crippen LogP contribution >= 0.6 is 11.6 Å². The summed E-state index contributed by atoms with van der Waals surface area (Å²) in [7, 11) is 0. The summed E-state index contributed by atoms with van der Waals surface area (Å²) in [4.78, 5) is 24.9. The minimum atomic E-state index is -1.02. The van der Waals surface area contributed by atoms with Gasteiger partial charge in [-0.15, -0.1) is 0 Å². The molecule has 2 aromatic rings. The zero-order valence-electron chi connectivity index (χ0n) is 16.0. The predicted molar refractivity (Wildman–Crippen MR) is 103 cm³/mol. The summed E-state index contributed by atoms with van der Waals surface area (Å²) in [6, 6.07) is 5.02. The lowest BCUT2D eigenvalue weighted by Gasteiger charge is -2.14. The van der Waals surface area contributed by atoms with Crippen LogP contribution in [0.3, 0.4) is 0 Å².